The van der Waals surface area contributed by atoms with E-state index in [9.17, 15) is 0 Å². The first kappa shape index (κ1) is 14.2. The highest BCUT2D eigenvalue weighted by Crippen LogP contribution is 2.28. The first-order valence-corrected chi connectivity index (χ1v) is 8.03. The van der Waals surface area contributed by atoms with Crippen molar-refractivity contribution in [1.82, 2.24) is 4.57 Å². The van der Waals surface area contributed by atoms with Crippen LogP contribution >= 0.6 is 15.9 Å². The van der Waals surface area contributed by atoms with Crippen LogP contribution in [0.15, 0.2) is 59.2 Å². The molecule has 0 fully saturated rings. The van der Waals surface area contributed by atoms with Crippen molar-refractivity contribution in [3.8, 4) is 5.75 Å². The third kappa shape index (κ3) is 2.98. The monoisotopic (exact) mass is 343 g/mol. The molecule has 3 rings (SSSR count). The van der Waals surface area contributed by atoms with Crippen molar-refractivity contribution in [3.63, 3.8) is 0 Å². The molecule has 0 saturated carbocycles. The molecule has 108 valence electrons. The summed E-state index contributed by atoms with van der Waals surface area (Å²) in [7, 11) is 0. The van der Waals surface area contributed by atoms with Crippen LogP contribution in [0.3, 0.4) is 0 Å². The third-order valence-electron chi connectivity index (χ3n) is 3.53. The summed E-state index contributed by atoms with van der Waals surface area (Å²) in [4.78, 5) is 0. The molecule has 2 nitrogen and oxygen atoms in total. The van der Waals surface area contributed by atoms with Gasteiger partial charge in [0.1, 0.15) is 5.75 Å². The second-order valence-corrected chi connectivity index (χ2v) is 5.93. The van der Waals surface area contributed by atoms with Crippen molar-refractivity contribution in [3.05, 3.63) is 64.8 Å². The lowest BCUT2D eigenvalue weighted by Crippen LogP contribution is -1.99. The van der Waals surface area contributed by atoms with Gasteiger partial charge in [-0.15, -0.1) is 0 Å². The Bertz CT molecular complexity index is 748. The number of aromatic nitrogens is 1. The van der Waals surface area contributed by atoms with Gasteiger partial charge in [-0.1, -0.05) is 47.1 Å². The van der Waals surface area contributed by atoms with Crippen molar-refractivity contribution in [2.75, 3.05) is 6.61 Å². The van der Waals surface area contributed by atoms with E-state index in [0.717, 1.165) is 29.8 Å². The van der Waals surface area contributed by atoms with E-state index in [-0.39, 0.29) is 0 Å². The SMILES string of the molecule is CCCOc1cccc2c1ccn2Cc1ccccc1Br. The zero-order chi connectivity index (χ0) is 14.7. The second-order valence-electron chi connectivity index (χ2n) is 5.07. The predicted molar refractivity (Wildman–Crippen MR) is 91.0 cm³/mol. The molecule has 0 radical (unpaired) electrons. The number of nitrogens with zero attached hydrogens (tertiary/aromatic N) is 1. The molecule has 0 spiro atoms. The van der Waals surface area contributed by atoms with Crippen LogP contribution in [0, 0.1) is 0 Å². The van der Waals surface area contributed by atoms with Crippen LogP contribution in [0.4, 0.5) is 0 Å². The van der Waals surface area contributed by atoms with Gasteiger partial charge in [0.15, 0.2) is 0 Å². The van der Waals surface area contributed by atoms with E-state index < -0.39 is 0 Å². The fourth-order valence-corrected chi connectivity index (χ4v) is 2.89. The van der Waals surface area contributed by atoms with E-state index in [2.05, 4.69) is 70.0 Å². The van der Waals surface area contributed by atoms with Gasteiger partial charge >= 0.3 is 0 Å². The van der Waals surface area contributed by atoms with E-state index >= 15 is 0 Å². The van der Waals surface area contributed by atoms with Crippen molar-refractivity contribution in [1.29, 1.82) is 0 Å². The van der Waals surface area contributed by atoms with E-state index in [4.69, 9.17) is 4.74 Å². The van der Waals surface area contributed by atoms with Gasteiger partial charge in [0, 0.05) is 22.6 Å². The molecule has 0 aliphatic heterocycles. The van der Waals surface area contributed by atoms with Crippen molar-refractivity contribution < 1.29 is 4.74 Å². The number of benzene rings is 2. The lowest BCUT2D eigenvalue weighted by Gasteiger charge is -2.09. The van der Waals surface area contributed by atoms with Gasteiger partial charge in [0.2, 0.25) is 0 Å². The number of halogens is 1. The Morgan fingerprint density at radius 2 is 1.90 bits per heavy atom. The van der Waals surface area contributed by atoms with E-state index in [1.165, 1.54) is 16.5 Å². The van der Waals surface area contributed by atoms with Crippen LogP contribution in [0.25, 0.3) is 10.9 Å². The molecule has 0 amide bonds. The topological polar surface area (TPSA) is 14.2 Å². The Kier molecular flexibility index (Phi) is 4.30. The minimum absolute atomic E-state index is 0.758. The van der Waals surface area contributed by atoms with Gasteiger partial charge in [0.05, 0.1) is 12.1 Å². The van der Waals surface area contributed by atoms with E-state index in [0.29, 0.717) is 0 Å². The van der Waals surface area contributed by atoms with Gasteiger partial charge in [-0.05, 0) is 36.2 Å². The van der Waals surface area contributed by atoms with Crippen molar-refractivity contribution in [2.24, 2.45) is 0 Å². The zero-order valence-electron chi connectivity index (χ0n) is 12.1. The second kappa shape index (κ2) is 6.35. The first-order chi connectivity index (χ1) is 10.3. The highest BCUT2D eigenvalue weighted by atomic mass is 79.9. The van der Waals surface area contributed by atoms with Crippen LogP contribution in [0.5, 0.6) is 5.75 Å². The quantitative estimate of drug-likeness (QED) is 0.617. The molecule has 0 unspecified atom stereocenters. The molecule has 0 N–H and O–H groups in total. The number of hydrogen-bond acceptors (Lipinski definition) is 1. The summed E-state index contributed by atoms with van der Waals surface area (Å²) in [6.07, 6.45) is 3.15. The summed E-state index contributed by atoms with van der Waals surface area (Å²) in [6.45, 7) is 3.73. The standard InChI is InChI=1S/C18H18BrNO/c1-2-12-21-18-9-5-8-17-15(18)10-11-20(17)13-14-6-3-4-7-16(14)19/h3-11H,2,12-13H2,1H3. The molecule has 0 aliphatic carbocycles. The Morgan fingerprint density at radius 3 is 2.71 bits per heavy atom. The van der Waals surface area contributed by atoms with Crippen molar-refractivity contribution in [2.45, 2.75) is 19.9 Å². The van der Waals surface area contributed by atoms with Crippen LogP contribution in [-0.2, 0) is 6.54 Å². The van der Waals surface area contributed by atoms with Crippen LogP contribution in [-0.4, -0.2) is 11.2 Å². The minimum Gasteiger partial charge on any atom is -0.493 e. The summed E-state index contributed by atoms with van der Waals surface area (Å²) in [5.41, 5.74) is 2.48. The maximum atomic E-state index is 5.83. The fraction of sp³-hybridized carbons (Fsp3) is 0.222. The largest absolute Gasteiger partial charge is 0.493 e. The van der Waals surface area contributed by atoms with E-state index in [1.807, 2.05) is 12.1 Å². The smallest absolute Gasteiger partial charge is 0.128 e. The Labute approximate surface area is 133 Å². The molecular formula is C18H18BrNO. The summed E-state index contributed by atoms with van der Waals surface area (Å²) in [5.74, 6) is 0.972. The summed E-state index contributed by atoms with van der Waals surface area (Å²) >= 11 is 3.62. The summed E-state index contributed by atoms with van der Waals surface area (Å²) in [6, 6.07) is 16.7. The molecule has 1 aromatic heterocycles. The Balaban J connectivity index is 1.95. The molecule has 0 bridgehead atoms. The molecule has 2 aromatic carbocycles. The molecule has 1 heterocycles. The molecule has 21 heavy (non-hydrogen) atoms. The molecule has 3 aromatic rings. The first-order valence-electron chi connectivity index (χ1n) is 7.23. The van der Waals surface area contributed by atoms with Gasteiger partial charge in [-0.3, -0.25) is 0 Å². The fourth-order valence-electron chi connectivity index (χ4n) is 2.48. The van der Waals surface area contributed by atoms with Gasteiger partial charge in [0.25, 0.3) is 0 Å². The number of rotatable bonds is 5. The zero-order valence-corrected chi connectivity index (χ0v) is 13.6. The Hall–Kier alpha value is -1.74. The van der Waals surface area contributed by atoms with Crippen molar-refractivity contribution >= 4 is 26.8 Å². The number of ether oxygens (including phenoxy) is 1. The maximum Gasteiger partial charge on any atom is 0.128 e. The average molecular weight is 344 g/mol. The molecule has 3 heteroatoms. The Morgan fingerprint density at radius 1 is 1.05 bits per heavy atom. The average Bonchev–Trinajstić information content (AvgIpc) is 2.91. The van der Waals surface area contributed by atoms with Crippen LogP contribution in [0.2, 0.25) is 0 Å². The van der Waals surface area contributed by atoms with Crippen LogP contribution in [0.1, 0.15) is 18.9 Å². The number of fused-ring (bicyclic) bond motifs is 1. The highest BCUT2D eigenvalue weighted by molar-refractivity contribution is 9.10. The van der Waals surface area contributed by atoms with Gasteiger partial charge < -0.3 is 9.30 Å². The minimum atomic E-state index is 0.758. The third-order valence-corrected chi connectivity index (χ3v) is 4.31. The van der Waals surface area contributed by atoms with E-state index in [1.54, 1.807) is 0 Å². The summed E-state index contributed by atoms with van der Waals surface area (Å²) in [5, 5.41) is 1.18. The summed E-state index contributed by atoms with van der Waals surface area (Å²) < 4.78 is 9.24. The molecule has 0 saturated heterocycles. The predicted octanol–water partition coefficient (Wildman–Crippen LogP) is 5.24. The molecular weight excluding hydrogens is 326 g/mol. The normalized spacial score (nSPS) is 11.0. The maximum absolute atomic E-state index is 5.83. The van der Waals surface area contributed by atoms with Gasteiger partial charge in [-0.2, -0.15) is 0 Å². The van der Waals surface area contributed by atoms with Crippen LogP contribution < -0.4 is 4.74 Å². The molecule has 0 aliphatic rings. The highest BCUT2D eigenvalue weighted by Gasteiger charge is 2.08. The number of hydrogen-bond donors (Lipinski definition) is 0. The van der Waals surface area contributed by atoms with Gasteiger partial charge in [-0.25, -0.2) is 0 Å². The molecule has 0 atom stereocenters. The lowest BCUT2D eigenvalue weighted by atomic mass is 10.2. The lowest BCUT2D eigenvalue weighted by molar-refractivity contribution is 0.321.